The number of nitrogens with two attached hydrogens (primary N) is 1. The third-order valence-electron chi connectivity index (χ3n) is 2.06. The van der Waals surface area contributed by atoms with E-state index in [1.54, 1.807) is 12.1 Å². The molecule has 0 saturated heterocycles. The number of nitrogens with zero attached hydrogens (tertiary/aromatic N) is 1. The zero-order chi connectivity index (χ0) is 12.2. The van der Waals surface area contributed by atoms with Gasteiger partial charge in [-0.25, -0.2) is 13.6 Å². The zero-order valence-electron chi connectivity index (χ0n) is 8.50. The molecule has 0 heterocycles. The monoisotopic (exact) mass is 244 g/mol. The lowest BCUT2D eigenvalue weighted by Crippen LogP contribution is -2.11. The van der Waals surface area contributed by atoms with Gasteiger partial charge in [0, 0.05) is 11.3 Å². The van der Waals surface area contributed by atoms with Gasteiger partial charge in [-0.3, -0.25) is 10.1 Å². The molecule has 0 aliphatic carbocycles. The molecular weight excluding hydrogens is 232 g/mol. The van der Waals surface area contributed by atoms with Gasteiger partial charge in [0.25, 0.3) is 0 Å². The Morgan fingerprint density at radius 3 is 2.25 bits per heavy atom. The molecule has 2 N–H and O–H groups in total. The Labute approximate surface area is 93.3 Å². The molecule has 0 aromatic heterocycles. The third-order valence-corrected chi connectivity index (χ3v) is 2.99. The van der Waals surface area contributed by atoms with Crippen LogP contribution in [0.15, 0.2) is 29.2 Å². The molecule has 0 radical (unpaired) electrons. The first-order valence-electron chi connectivity index (χ1n) is 4.63. The van der Waals surface area contributed by atoms with Gasteiger partial charge in [-0.1, -0.05) is 12.1 Å². The van der Waals surface area contributed by atoms with Gasteiger partial charge in [0.05, 0.1) is 4.90 Å². The molecule has 88 valence electrons. The Kier molecular flexibility index (Phi) is 3.97. The molecule has 0 aliphatic heterocycles. The average Bonchev–Trinajstić information content (AvgIpc) is 2.16. The van der Waals surface area contributed by atoms with Crippen LogP contribution in [-0.2, 0) is 16.4 Å². The van der Waals surface area contributed by atoms with Gasteiger partial charge in [0.2, 0.25) is 16.6 Å². The van der Waals surface area contributed by atoms with Crippen molar-refractivity contribution >= 4 is 10.0 Å². The maximum Gasteiger partial charge on any atom is 0.238 e. The summed E-state index contributed by atoms with van der Waals surface area (Å²) in [4.78, 5) is 9.76. The number of sulfonamides is 1. The molecule has 0 atom stereocenters. The van der Waals surface area contributed by atoms with Crippen molar-refractivity contribution in [3.8, 4) is 0 Å². The van der Waals surface area contributed by atoms with Crippen LogP contribution in [0, 0.1) is 10.1 Å². The molecule has 7 heteroatoms. The molecule has 1 rings (SSSR count). The highest BCUT2D eigenvalue weighted by atomic mass is 32.2. The quantitative estimate of drug-likeness (QED) is 0.603. The smallest absolute Gasteiger partial charge is 0.238 e. The van der Waals surface area contributed by atoms with Gasteiger partial charge in [-0.05, 0) is 24.1 Å². The first kappa shape index (κ1) is 12.6. The normalized spacial score (nSPS) is 11.3. The predicted octanol–water partition coefficient (Wildman–Crippen LogP) is 0.543. The summed E-state index contributed by atoms with van der Waals surface area (Å²) in [7, 11) is -3.66. The van der Waals surface area contributed by atoms with E-state index in [9.17, 15) is 18.5 Å². The summed E-state index contributed by atoms with van der Waals surface area (Å²) in [5.74, 6) is 0. The van der Waals surface area contributed by atoms with E-state index in [2.05, 4.69) is 0 Å². The van der Waals surface area contributed by atoms with Gasteiger partial charge in [-0.15, -0.1) is 0 Å². The largest absolute Gasteiger partial charge is 0.265 e. The van der Waals surface area contributed by atoms with E-state index in [-0.39, 0.29) is 16.4 Å². The summed E-state index contributed by atoms with van der Waals surface area (Å²) >= 11 is 0. The standard InChI is InChI=1S/C9H12N2O4S/c10-16(14,15)9-5-3-8(4-6-9)2-1-7-11(12)13/h3-6H,1-2,7H2,(H2,10,14,15). The van der Waals surface area contributed by atoms with Crippen molar-refractivity contribution in [3.05, 3.63) is 39.9 Å². The Bertz CT molecular complexity index is 467. The highest BCUT2D eigenvalue weighted by Gasteiger charge is 2.06. The second-order valence-electron chi connectivity index (χ2n) is 3.35. The van der Waals surface area contributed by atoms with Crippen LogP contribution >= 0.6 is 0 Å². The fourth-order valence-electron chi connectivity index (χ4n) is 1.26. The summed E-state index contributed by atoms with van der Waals surface area (Å²) in [6, 6.07) is 6.02. The van der Waals surface area contributed by atoms with Crippen LogP contribution in [0.5, 0.6) is 0 Å². The molecule has 0 aliphatic rings. The number of benzene rings is 1. The number of aryl methyl sites for hydroxylation is 1. The van der Waals surface area contributed by atoms with E-state index in [4.69, 9.17) is 5.14 Å². The summed E-state index contributed by atoms with van der Waals surface area (Å²) in [5.41, 5.74) is 0.856. The minimum Gasteiger partial charge on any atom is -0.265 e. The van der Waals surface area contributed by atoms with E-state index >= 15 is 0 Å². The number of nitro groups is 1. The van der Waals surface area contributed by atoms with E-state index in [1.807, 2.05) is 0 Å². The molecule has 1 aromatic carbocycles. The molecule has 1 aromatic rings. The van der Waals surface area contributed by atoms with Gasteiger partial charge < -0.3 is 0 Å². The average molecular weight is 244 g/mol. The molecule has 0 fully saturated rings. The van der Waals surface area contributed by atoms with Crippen molar-refractivity contribution in [2.24, 2.45) is 5.14 Å². The number of hydrogen-bond donors (Lipinski definition) is 1. The molecule has 0 unspecified atom stereocenters. The molecular formula is C9H12N2O4S. The van der Waals surface area contributed by atoms with Crippen LogP contribution in [0.25, 0.3) is 0 Å². The highest BCUT2D eigenvalue weighted by Crippen LogP contribution is 2.10. The van der Waals surface area contributed by atoms with Gasteiger partial charge in [-0.2, -0.15) is 0 Å². The summed E-state index contributed by atoms with van der Waals surface area (Å²) in [5, 5.41) is 15.0. The summed E-state index contributed by atoms with van der Waals surface area (Å²) in [6.07, 6.45) is 0.980. The van der Waals surface area contributed by atoms with Gasteiger partial charge >= 0.3 is 0 Å². The Morgan fingerprint density at radius 2 is 1.81 bits per heavy atom. The number of hydrogen-bond acceptors (Lipinski definition) is 4. The lowest BCUT2D eigenvalue weighted by Gasteiger charge is -2.01. The lowest BCUT2D eigenvalue weighted by atomic mass is 10.1. The topological polar surface area (TPSA) is 103 Å². The second-order valence-corrected chi connectivity index (χ2v) is 4.91. The van der Waals surface area contributed by atoms with Crippen LogP contribution in [0.3, 0.4) is 0 Å². The second kappa shape index (κ2) is 5.04. The van der Waals surface area contributed by atoms with Crippen LogP contribution in [0.1, 0.15) is 12.0 Å². The van der Waals surface area contributed by atoms with Crippen molar-refractivity contribution in [2.75, 3.05) is 6.54 Å². The number of rotatable bonds is 5. The molecule has 16 heavy (non-hydrogen) atoms. The van der Waals surface area contributed by atoms with Crippen molar-refractivity contribution in [3.63, 3.8) is 0 Å². The maximum atomic E-state index is 10.9. The van der Waals surface area contributed by atoms with Gasteiger partial charge in [0.1, 0.15) is 0 Å². The minimum atomic E-state index is -3.66. The number of primary sulfonamides is 1. The van der Waals surface area contributed by atoms with E-state index in [0.717, 1.165) is 5.56 Å². The zero-order valence-corrected chi connectivity index (χ0v) is 9.31. The van der Waals surface area contributed by atoms with Crippen LogP contribution in [0.4, 0.5) is 0 Å². The van der Waals surface area contributed by atoms with E-state index in [0.29, 0.717) is 12.8 Å². The predicted molar refractivity (Wildman–Crippen MR) is 58.0 cm³/mol. The van der Waals surface area contributed by atoms with Crippen LogP contribution in [-0.4, -0.2) is 19.9 Å². The lowest BCUT2D eigenvalue weighted by molar-refractivity contribution is -0.480. The van der Waals surface area contributed by atoms with Crippen molar-refractivity contribution < 1.29 is 13.3 Å². The van der Waals surface area contributed by atoms with Crippen molar-refractivity contribution in [1.82, 2.24) is 0 Å². The van der Waals surface area contributed by atoms with Crippen molar-refractivity contribution in [1.29, 1.82) is 0 Å². The van der Waals surface area contributed by atoms with E-state index < -0.39 is 10.0 Å². The minimum absolute atomic E-state index is 0.0468. The fraction of sp³-hybridized carbons (Fsp3) is 0.333. The summed E-state index contributed by atoms with van der Waals surface area (Å²) in [6.45, 7) is -0.0864. The molecule has 0 spiro atoms. The van der Waals surface area contributed by atoms with Crippen LogP contribution < -0.4 is 5.14 Å². The first-order chi connectivity index (χ1) is 7.39. The fourth-order valence-corrected chi connectivity index (χ4v) is 1.77. The summed E-state index contributed by atoms with van der Waals surface area (Å²) < 4.78 is 21.9. The van der Waals surface area contributed by atoms with Crippen LogP contribution in [0.2, 0.25) is 0 Å². The SMILES string of the molecule is NS(=O)(=O)c1ccc(CCC[N+](=O)[O-])cc1. The first-order valence-corrected chi connectivity index (χ1v) is 6.18. The van der Waals surface area contributed by atoms with Crippen molar-refractivity contribution in [2.45, 2.75) is 17.7 Å². The highest BCUT2D eigenvalue weighted by molar-refractivity contribution is 7.89. The third kappa shape index (κ3) is 3.95. The Balaban J connectivity index is 2.62. The molecule has 0 amide bonds. The maximum absolute atomic E-state index is 10.9. The Hall–Kier alpha value is -1.47. The molecule has 0 saturated carbocycles. The molecule has 0 bridgehead atoms. The Morgan fingerprint density at radius 1 is 1.25 bits per heavy atom. The van der Waals surface area contributed by atoms with E-state index in [1.165, 1.54) is 12.1 Å². The van der Waals surface area contributed by atoms with Gasteiger partial charge in [0.15, 0.2) is 0 Å². The molecule has 6 nitrogen and oxygen atoms in total.